The Kier molecular flexibility index (Phi) is 6.50. The van der Waals surface area contributed by atoms with Gasteiger partial charge in [0, 0.05) is 11.8 Å². The van der Waals surface area contributed by atoms with Crippen molar-refractivity contribution < 1.29 is 19.0 Å². The van der Waals surface area contributed by atoms with E-state index in [9.17, 15) is 4.79 Å². The largest absolute Gasteiger partial charge is 0.493 e. The van der Waals surface area contributed by atoms with E-state index in [1.807, 2.05) is 18.2 Å². The molecule has 0 aromatic heterocycles. The van der Waals surface area contributed by atoms with Crippen LogP contribution in [0.15, 0.2) is 36.4 Å². The van der Waals surface area contributed by atoms with Crippen molar-refractivity contribution in [3.63, 3.8) is 0 Å². The highest BCUT2D eigenvalue weighted by atomic mass is 16.5. The van der Waals surface area contributed by atoms with Gasteiger partial charge in [-0.05, 0) is 55.2 Å². The summed E-state index contributed by atoms with van der Waals surface area (Å²) < 4.78 is 16.2. The standard InChI is InChI=1S/C21H27NO4/c1-13(2)18-9-8-17(11-14(18)3)26-15(4)21(23)22-16-7-10-19(24-5)20(12-16)25-6/h7-13,15H,1-6H3,(H,22,23). The fourth-order valence-corrected chi connectivity index (χ4v) is 2.78. The van der Waals surface area contributed by atoms with Gasteiger partial charge in [0.25, 0.3) is 5.91 Å². The average Bonchev–Trinajstić information content (AvgIpc) is 2.61. The van der Waals surface area contributed by atoms with Crippen molar-refractivity contribution in [1.82, 2.24) is 0 Å². The van der Waals surface area contributed by atoms with E-state index in [0.29, 0.717) is 28.9 Å². The van der Waals surface area contributed by atoms with Crippen molar-refractivity contribution in [3.8, 4) is 17.2 Å². The third kappa shape index (κ3) is 4.69. The van der Waals surface area contributed by atoms with Gasteiger partial charge in [0.05, 0.1) is 14.2 Å². The molecule has 0 radical (unpaired) electrons. The number of hydrogen-bond acceptors (Lipinski definition) is 4. The molecule has 2 aromatic rings. The number of anilines is 1. The lowest BCUT2D eigenvalue weighted by Gasteiger charge is -2.17. The first kappa shape index (κ1) is 19.6. The topological polar surface area (TPSA) is 56.8 Å². The lowest BCUT2D eigenvalue weighted by atomic mass is 9.98. The van der Waals surface area contributed by atoms with Crippen LogP contribution in [0, 0.1) is 6.92 Å². The number of carbonyl (C=O) groups excluding carboxylic acids is 1. The Morgan fingerprint density at radius 2 is 1.65 bits per heavy atom. The highest BCUT2D eigenvalue weighted by Crippen LogP contribution is 2.30. The van der Waals surface area contributed by atoms with Gasteiger partial charge in [-0.3, -0.25) is 4.79 Å². The number of nitrogens with one attached hydrogen (secondary N) is 1. The second-order valence-corrected chi connectivity index (χ2v) is 6.49. The van der Waals surface area contributed by atoms with Crippen LogP contribution < -0.4 is 19.5 Å². The van der Waals surface area contributed by atoms with Gasteiger partial charge >= 0.3 is 0 Å². The molecule has 0 saturated heterocycles. The van der Waals surface area contributed by atoms with Gasteiger partial charge in [-0.2, -0.15) is 0 Å². The SMILES string of the molecule is COc1ccc(NC(=O)C(C)Oc2ccc(C(C)C)c(C)c2)cc1OC. The molecule has 1 atom stereocenters. The number of methoxy groups -OCH3 is 2. The molecule has 0 spiro atoms. The predicted octanol–water partition coefficient (Wildman–Crippen LogP) is 4.54. The summed E-state index contributed by atoms with van der Waals surface area (Å²) in [6.07, 6.45) is -0.632. The van der Waals surface area contributed by atoms with Crippen LogP contribution in [0.4, 0.5) is 5.69 Å². The molecule has 1 amide bonds. The Bertz CT molecular complexity index is 771. The van der Waals surface area contributed by atoms with Crippen molar-refractivity contribution in [3.05, 3.63) is 47.5 Å². The zero-order chi connectivity index (χ0) is 19.3. The average molecular weight is 357 g/mol. The fraction of sp³-hybridized carbons (Fsp3) is 0.381. The maximum absolute atomic E-state index is 12.4. The second kappa shape index (κ2) is 8.61. The van der Waals surface area contributed by atoms with Crippen LogP contribution in [0.3, 0.4) is 0 Å². The molecule has 5 heteroatoms. The number of ether oxygens (including phenoxy) is 3. The molecule has 1 unspecified atom stereocenters. The van der Waals surface area contributed by atoms with E-state index in [2.05, 4.69) is 26.1 Å². The fourth-order valence-electron chi connectivity index (χ4n) is 2.78. The molecule has 0 heterocycles. The third-order valence-corrected chi connectivity index (χ3v) is 4.20. The molecule has 0 aliphatic rings. The smallest absolute Gasteiger partial charge is 0.265 e. The van der Waals surface area contributed by atoms with Crippen molar-refractivity contribution in [2.24, 2.45) is 0 Å². The van der Waals surface area contributed by atoms with Gasteiger partial charge in [0.15, 0.2) is 17.6 Å². The summed E-state index contributed by atoms with van der Waals surface area (Å²) in [5.41, 5.74) is 3.05. The van der Waals surface area contributed by atoms with E-state index in [1.54, 1.807) is 39.3 Å². The monoisotopic (exact) mass is 357 g/mol. The van der Waals surface area contributed by atoms with Gasteiger partial charge in [0.1, 0.15) is 5.75 Å². The summed E-state index contributed by atoms with van der Waals surface area (Å²) in [5.74, 6) is 2.06. The first-order valence-corrected chi connectivity index (χ1v) is 8.65. The van der Waals surface area contributed by atoms with Crippen LogP contribution in [0.2, 0.25) is 0 Å². The van der Waals surface area contributed by atoms with Gasteiger partial charge in [-0.15, -0.1) is 0 Å². The zero-order valence-corrected chi connectivity index (χ0v) is 16.3. The molecule has 2 aromatic carbocycles. The quantitative estimate of drug-likeness (QED) is 0.790. The molecule has 2 rings (SSSR count). The van der Waals surface area contributed by atoms with Crippen LogP contribution in [0.1, 0.15) is 37.8 Å². The minimum atomic E-state index is -0.632. The molecule has 0 aliphatic heterocycles. The van der Waals surface area contributed by atoms with Gasteiger partial charge in [0.2, 0.25) is 0 Å². The Balaban J connectivity index is 2.05. The van der Waals surface area contributed by atoms with Gasteiger partial charge in [-0.1, -0.05) is 19.9 Å². The van der Waals surface area contributed by atoms with E-state index < -0.39 is 6.10 Å². The molecule has 0 bridgehead atoms. The summed E-state index contributed by atoms with van der Waals surface area (Å²) >= 11 is 0. The molecule has 26 heavy (non-hydrogen) atoms. The lowest BCUT2D eigenvalue weighted by molar-refractivity contribution is -0.122. The minimum Gasteiger partial charge on any atom is -0.493 e. The summed E-state index contributed by atoms with van der Waals surface area (Å²) in [6.45, 7) is 8.09. The molecule has 0 fully saturated rings. The summed E-state index contributed by atoms with van der Waals surface area (Å²) in [7, 11) is 3.12. The molecule has 140 valence electrons. The summed E-state index contributed by atoms with van der Waals surface area (Å²) in [5, 5.41) is 2.83. The Hall–Kier alpha value is -2.69. The number of amides is 1. The Labute approximate surface area is 155 Å². The number of carbonyl (C=O) groups is 1. The molecular weight excluding hydrogens is 330 g/mol. The number of rotatable bonds is 7. The molecule has 0 aliphatic carbocycles. The highest BCUT2D eigenvalue weighted by Gasteiger charge is 2.16. The molecule has 1 N–H and O–H groups in total. The molecule has 5 nitrogen and oxygen atoms in total. The van der Waals surface area contributed by atoms with Crippen molar-refractivity contribution in [2.75, 3.05) is 19.5 Å². The van der Waals surface area contributed by atoms with Crippen LogP contribution >= 0.6 is 0 Å². The van der Waals surface area contributed by atoms with Crippen LogP contribution in [-0.2, 0) is 4.79 Å². The third-order valence-electron chi connectivity index (χ3n) is 4.20. The van der Waals surface area contributed by atoms with Gasteiger partial charge < -0.3 is 19.5 Å². The van der Waals surface area contributed by atoms with Crippen LogP contribution in [-0.4, -0.2) is 26.2 Å². The second-order valence-electron chi connectivity index (χ2n) is 6.49. The van der Waals surface area contributed by atoms with Crippen molar-refractivity contribution in [1.29, 1.82) is 0 Å². The predicted molar refractivity (Wildman–Crippen MR) is 104 cm³/mol. The number of benzene rings is 2. The highest BCUT2D eigenvalue weighted by molar-refractivity contribution is 5.94. The Morgan fingerprint density at radius 1 is 0.962 bits per heavy atom. The first-order chi connectivity index (χ1) is 12.3. The van der Waals surface area contributed by atoms with Crippen LogP contribution in [0.5, 0.6) is 17.2 Å². The Morgan fingerprint density at radius 3 is 2.23 bits per heavy atom. The maximum atomic E-state index is 12.4. The summed E-state index contributed by atoms with van der Waals surface area (Å²) in [6, 6.07) is 11.1. The van der Waals surface area contributed by atoms with Crippen molar-refractivity contribution in [2.45, 2.75) is 39.7 Å². The van der Waals surface area contributed by atoms with Crippen LogP contribution in [0.25, 0.3) is 0 Å². The zero-order valence-electron chi connectivity index (χ0n) is 16.3. The normalized spacial score (nSPS) is 11.8. The van der Waals surface area contributed by atoms with E-state index >= 15 is 0 Å². The molecular formula is C21H27NO4. The summed E-state index contributed by atoms with van der Waals surface area (Å²) in [4.78, 5) is 12.4. The first-order valence-electron chi connectivity index (χ1n) is 8.65. The lowest BCUT2D eigenvalue weighted by Crippen LogP contribution is -2.30. The molecule has 0 saturated carbocycles. The maximum Gasteiger partial charge on any atom is 0.265 e. The van der Waals surface area contributed by atoms with Gasteiger partial charge in [-0.25, -0.2) is 0 Å². The number of hydrogen-bond donors (Lipinski definition) is 1. The number of aryl methyl sites for hydroxylation is 1. The van der Waals surface area contributed by atoms with E-state index in [-0.39, 0.29) is 5.91 Å². The van der Waals surface area contributed by atoms with E-state index in [1.165, 1.54) is 5.56 Å². The van der Waals surface area contributed by atoms with E-state index in [4.69, 9.17) is 14.2 Å². The van der Waals surface area contributed by atoms with E-state index in [0.717, 1.165) is 5.56 Å². The van der Waals surface area contributed by atoms with Crippen molar-refractivity contribution >= 4 is 11.6 Å². The minimum absolute atomic E-state index is 0.234.